The average Bonchev–Trinajstić information content (AvgIpc) is 2.33. The molecule has 0 radical (unpaired) electrons. The Kier molecular flexibility index (Phi) is 5.13. The lowest BCUT2D eigenvalue weighted by Gasteiger charge is -2.16. The highest BCUT2D eigenvalue weighted by Crippen LogP contribution is 2.39. The molecule has 0 fully saturated rings. The van der Waals surface area contributed by atoms with Gasteiger partial charge >= 0.3 is 0 Å². The normalized spacial score (nSPS) is 11.4. The highest BCUT2D eigenvalue weighted by atomic mass is 32.2. The molecule has 0 aliphatic heterocycles. The summed E-state index contributed by atoms with van der Waals surface area (Å²) in [6, 6.07) is 1.10. The second-order valence-electron chi connectivity index (χ2n) is 4.01. The van der Waals surface area contributed by atoms with Crippen molar-refractivity contribution in [3.05, 3.63) is 17.4 Å². The Bertz CT molecular complexity index is 554. The molecule has 0 aliphatic carbocycles. The number of ether oxygens (including phenoxy) is 2. The van der Waals surface area contributed by atoms with E-state index in [1.165, 1.54) is 14.2 Å². The third-order valence-corrected chi connectivity index (χ3v) is 3.73. The Hall–Kier alpha value is -1.34. The summed E-state index contributed by atoms with van der Waals surface area (Å²) in [4.78, 5) is -0.514. The van der Waals surface area contributed by atoms with Crippen molar-refractivity contribution in [3.63, 3.8) is 0 Å². The molecule has 0 heterocycles. The molecular weight excluding hydrogens is 275 g/mol. The van der Waals surface area contributed by atoms with Crippen LogP contribution in [0.1, 0.15) is 12.0 Å². The van der Waals surface area contributed by atoms with Gasteiger partial charge in [0.2, 0.25) is 0 Å². The Morgan fingerprint density at radius 2 is 1.84 bits per heavy atom. The van der Waals surface area contributed by atoms with Gasteiger partial charge in [-0.1, -0.05) is 0 Å². The second kappa shape index (κ2) is 6.21. The number of methoxy groups -OCH3 is 2. The van der Waals surface area contributed by atoms with Gasteiger partial charge < -0.3 is 14.6 Å². The van der Waals surface area contributed by atoms with Gasteiger partial charge in [0.25, 0.3) is 0 Å². The first-order valence-electron chi connectivity index (χ1n) is 5.61. The lowest BCUT2D eigenvalue weighted by molar-refractivity contribution is 0.286. The van der Waals surface area contributed by atoms with Gasteiger partial charge in [-0.3, -0.25) is 0 Å². The summed E-state index contributed by atoms with van der Waals surface area (Å²) in [6.07, 6.45) is 1.68. The molecule has 108 valence electrons. The van der Waals surface area contributed by atoms with E-state index in [-0.39, 0.29) is 18.1 Å². The molecule has 0 spiro atoms. The monoisotopic (exact) mass is 292 g/mol. The topological polar surface area (TPSA) is 72.8 Å². The highest BCUT2D eigenvalue weighted by molar-refractivity contribution is 7.90. The number of hydrogen-bond acceptors (Lipinski definition) is 5. The van der Waals surface area contributed by atoms with Crippen LogP contribution in [0, 0.1) is 5.82 Å². The number of aliphatic hydroxyl groups is 1. The van der Waals surface area contributed by atoms with Crippen molar-refractivity contribution < 1.29 is 27.4 Å². The van der Waals surface area contributed by atoms with E-state index in [0.29, 0.717) is 18.4 Å². The van der Waals surface area contributed by atoms with Crippen molar-refractivity contribution >= 4 is 9.84 Å². The van der Waals surface area contributed by atoms with Crippen molar-refractivity contribution in [2.24, 2.45) is 0 Å². The summed E-state index contributed by atoms with van der Waals surface area (Å²) < 4.78 is 47.3. The van der Waals surface area contributed by atoms with Gasteiger partial charge in [0.05, 0.1) is 14.2 Å². The molecule has 19 heavy (non-hydrogen) atoms. The summed E-state index contributed by atoms with van der Waals surface area (Å²) in [5.74, 6) is -0.844. The number of rotatable bonds is 6. The Morgan fingerprint density at radius 1 is 1.26 bits per heavy atom. The molecule has 0 saturated carbocycles. The van der Waals surface area contributed by atoms with Gasteiger partial charge in [-0.25, -0.2) is 12.8 Å². The number of aryl methyl sites for hydroxylation is 1. The van der Waals surface area contributed by atoms with Gasteiger partial charge in [0.15, 0.2) is 21.3 Å². The van der Waals surface area contributed by atoms with Gasteiger partial charge in [-0.2, -0.15) is 0 Å². The molecular formula is C12H17FO5S. The number of aliphatic hydroxyl groups excluding tert-OH is 1. The molecule has 0 amide bonds. The molecule has 1 aromatic rings. The third kappa shape index (κ3) is 3.36. The number of hydrogen-bond donors (Lipinski definition) is 1. The van der Waals surface area contributed by atoms with E-state index >= 15 is 0 Å². The lowest BCUT2D eigenvalue weighted by Crippen LogP contribution is -2.08. The number of sulfone groups is 1. The largest absolute Gasteiger partial charge is 0.493 e. The van der Waals surface area contributed by atoms with Crippen molar-refractivity contribution in [1.29, 1.82) is 0 Å². The van der Waals surface area contributed by atoms with E-state index in [9.17, 15) is 12.8 Å². The molecule has 0 bridgehead atoms. The fourth-order valence-electron chi connectivity index (χ4n) is 1.85. The zero-order chi connectivity index (χ0) is 14.6. The van der Waals surface area contributed by atoms with Crippen LogP contribution in [0.4, 0.5) is 4.39 Å². The van der Waals surface area contributed by atoms with Gasteiger partial charge in [-0.05, 0) is 18.9 Å². The van der Waals surface area contributed by atoms with Crippen molar-refractivity contribution in [2.45, 2.75) is 17.7 Å². The molecule has 1 rings (SSSR count). The van der Waals surface area contributed by atoms with Crippen LogP contribution in [0.15, 0.2) is 11.0 Å². The third-order valence-electron chi connectivity index (χ3n) is 2.61. The molecule has 0 aromatic heterocycles. The quantitative estimate of drug-likeness (QED) is 0.852. The number of halogens is 1. The molecule has 5 nitrogen and oxygen atoms in total. The van der Waals surface area contributed by atoms with Crippen LogP contribution in [-0.2, 0) is 16.3 Å². The molecule has 0 atom stereocenters. The first-order valence-corrected chi connectivity index (χ1v) is 7.50. The Morgan fingerprint density at radius 3 is 2.26 bits per heavy atom. The van der Waals surface area contributed by atoms with E-state index < -0.39 is 20.5 Å². The summed E-state index contributed by atoms with van der Waals surface area (Å²) in [7, 11) is -1.17. The number of benzene rings is 1. The van der Waals surface area contributed by atoms with Gasteiger partial charge in [0.1, 0.15) is 10.7 Å². The molecule has 0 aliphatic rings. The van der Waals surface area contributed by atoms with E-state index in [1.807, 2.05) is 0 Å². The first kappa shape index (κ1) is 15.7. The van der Waals surface area contributed by atoms with Gasteiger partial charge in [-0.15, -0.1) is 0 Å². The van der Waals surface area contributed by atoms with Crippen molar-refractivity contribution in [2.75, 3.05) is 27.1 Å². The molecule has 1 aromatic carbocycles. The SMILES string of the molecule is COc1c(CCCO)cc(F)c(S(C)(=O)=O)c1OC. The summed E-state index contributed by atoms with van der Waals surface area (Å²) >= 11 is 0. The zero-order valence-corrected chi connectivity index (χ0v) is 11.9. The van der Waals surface area contributed by atoms with Crippen molar-refractivity contribution in [3.8, 4) is 11.5 Å². The smallest absolute Gasteiger partial charge is 0.182 e. The zero-order valence-electron chi connectivity index (χ0n) is 11.1. The molecule has 0 saturated heterocycles. The van der Waals surface area contributed by atoms with Crippen LogP contribution in [0.2, 0.25) is 0 Å². The summed E-state index contributed by atoms with van der Waals surface area (Å²) in [6.45, 7) is -0.0546. The van der Waals surface area contributed by atoms with Crippen LogP contribution in [0.25, 0.3) is 0 Å². The predicted molar refractivity (Wildman–Crippen MR) is 68.0 cm³/mol. The van der Waals surface area contributed by atoms with E-state index in [0.717, 1.165) is 12.3 Å². The minimum atomic E-state index is -3.78. The Balaban J connectivity index is 3.54. The minimum absolute atomic E-state index is 0.0546. The minimum Gasteiger partial charge on any atom is -0.493 e. The van der Waals surface area contributed by atoms with Gasteiger partial charge in [0, 0.05) is 18.4 Å². The maximum Gasteiger partial charge on any atom is 0.182 e. The summed E-state index contributed by atoms with van der Waals surface area (Å²) in [5, 5.41) is 8.81. The highest BCUT2D eigenvalue weighted by Gasteiger charge is 2.26. The van der Waals surface area contributed by atoms with Crippen molar-refractivity contribution in [1.82, 2.24) is 0 Å². The fraction of sp³-hybridized carbons (Fsp3) is 0.500. The van der Waals surface area contributed by atoms with Crippen LogP contribution < -0.4 is 9.47 Å². The van der Waals surface area contributed by atoms with Crippen LogP contribution in [-0.4, -0.2) is 40.6 Å². The molecule has 0 unspecified atom stereocenters. The molecule has 7 heteroatoms. The fourth-order valence-corrected chi connectivity index (χ4v) is 2.78. The van der Waals surface area contributed by atoms with Crippen LogP contribution in [0.3, 0.4) is 0 Å². The first-order chi connectivity index (χ1) is 8.86. The lowest BCUT2D eigenvalue weighted by atomic mass is 10.1. The standard InChI is InChI=1S/C12H17FO5S/c1-17-10-8(5-4-6-14)7-9(13)12(11(10)18-2)19(3,15)16/h7,14H,4-6H2,1-3H3. The second-order valence-corrected chi connectivity index (χ2v) is 5.97. The predicted octanol–water partition coefficient (Wildman–Crippen LogP) is 1.17. The molecule has 1 N–H and O–H groups in total. The average molecular weight is 292 g/mol. The summed E-state index contributed by atoms with van der Waals surface area (Å²) in [5.41, 5.74) is 0.457. The van der Waals surface area contributed by atoms with E-state index in [4.69, 9.17) is 14.6 Å². The van der Waals surface area contributed by atoms with E-state index in [1.54, 1.807) is 0 Å². The Labute approximate surface area is 111 Å². The van der Waals surface area contributed by atoms with Crippen LogP contribution >= 0.6 is 0 Å². The van der Waals surface area contributed by atoms with Crippen LogP contribution in [0.5, 0.6) is 11.5 Å². The maximum absolute atomic E-state index is 14.0. The maximum atomic E-state index is 14.0. The van der Waals surface area contributed by atoms with E-state index in [2.05, 4.69) is 0 Å².